The number of nitrogens with one attached hydrogen (secondary N) is 2. The van der Waals surface area contributed by atoms with Crippen LogP contribution < -0.4 is 15.4 Å². The second-order valence-corrected chi connectivity index (χ2v) is 6.95. The molecular formula is C18H21N5O. The van der Waals surface area contributed by atoms with Gasteiger partial charge in [0, 0.05) is 29.6 Å². The van der Waals surface area contributed by atoms with E-state index in [1.807, 2.05) is 6.07 Å². The van der Waals surface area contributed by atoms with Crippen molar-refractivity contribution in [2.75, 3.05) is 18.4 Å². The summed E-state index contributed by atoms with van der Waals surface area (Å²) < 4.78 is 6.08. The Balaban J connectivity index is 1.68. The highest BCUT2D eigenvalue weighted by atomic mass is 16.5. The molecule has 0 amide bonds. The quantitative estimate of drug-likeness (QED) is 0.900. The minimum absolute atomic E-state index is 0.141. The lowest BCUT2D eigenvalue weighted by Gasteiger charge is -2.24. The van der Waals surface area contributed by atoms with Gasteiger partial charge in [-0.3, -0.25) is 0 Å². The van der Waals surface area contributed by atoms with Gasteiger partial charge >= 0.3 is 0 Å². The molecule has 24 heavy (non-hydrogen) atoms. The van der Waals surface area contributed by atoms with Crippen molar-refractivity contribution in [3.8, 4) is 11.9 Å². The molecule has 1 atom stereocenters. The first-order valence-electron chi connectivity index (χ1n) is 8.52. The second kappa shape index (κ2) is 5.91. The lowest BCUT2D eigenvalue weighted by molar-refractivity contribution is 0.194. The lowest BCUT2D eigenvalue weighted by atomic mass is 10.1. The minimum atomic E-state index is -0.141. The van der Waals surface area contributed by atoms with E-state index in [1.165, 1.54) is 6.42 Å². The zero-order valence-corrected chi connectivity index (χ0v) is 13.8. The van der Waals surface area contributed by atoms with Crippen LogP contribution in [-0.2, 0) is 0 Å². The first-order chi connectivity index (χ1) is 11.6. The average molecular weight is 323 g/mol. The van der Waals surface area contributed by atoms with Crippen LogP contribution in [0.1, 0.15) is 38.3 Å². The molecule has 6 heteroatoms. The number of fused-ring (bicyclic) bond motifs is 1. The zero-order chi connectivity index (χ0) is 16.6. The third-order valence-electron chi connectivity index (χ3n) is 4.74. The Bertz CT molecular complexity index is 803. The molecule has 2 aromatic heterocycles. The molecule has 3 heterocycles. The predicted octanol–water partition coefficient (Wildman–Crippen LogP) is 2.60. The van der Waals surface area contributed by atoms with Crippen LogP contribution in [0, 0.1) is 11.3 Å². The summed E-state index contributed by atoms with van der Waals surface area (Å²) in [6.07, 6.45) is 6.15. The number of anilines is 1. The van der Waals surface area contributed by atoms with E-state index in [1.54, 1.807) is 12.3 Å². The van der Waals surface area contributed by atoms with Gasteiger partial charge in [0.2, 0.25) is 5.88 Å². The minimum Gasteiger partial charge on any atom is -0.471 e. The van der Waals surface area contributed by atoms with Gasteiger partial charge in [-0.2, -0.15) is 5.26 Å². The standard InChI is InChI=1S/C18H21N5O/c1-18(4-5-18)24-17-15-8-16(22-13-3-2-6-20-11-13)21-10-12(15)7-14(9-19)23-17/h7-8,10,13,20H,2-6,11H2,1H3,(H,21,22). The summed E-state index contributed by atoms with van der Waals surface area (Å²) in [7, 11) is 0. The molecular weight excluding hydrogens is 302 g/mol. The molecule has 0 spiro atoms. The third-order valence-corrected chi connectivity index (χ3v) is 4.74. The summed E-state index contributed by atoms with van der Waals surface area (Å²) in [5.41, 5.74) is 0.221. The highest BCUT2D eigenvalue weighted by Crippen LogP contribution is 2.41. The number of pyridine rings is 2. The molecule has 0 radical (unpaired) electrons. The third kappa shape index (κ3) is 3.13. The number of aromatic nitrogens is 2. The summed E-state index contributed by atoms with van der Waals surface area (Å²) in [5, 5.41) is 17.9. The predicted molar refractivity (Wildman–Crippen MR) is 92.0 cm³/mol. The molecule has 1 aliphatic heterocycles. The first kappa shape index (κ1) is 15.2. The molecule has 2 fully saturated rings. The summed E-state index contributed by atoms with van der Waals surface area (Å²) in [4.78, 5) is 8.88. The van der Waals surface area contributed by atoms with E-state index in [9.17, 15) is 5.26 Å². The number of hydrogen-bond donors (Lipinski definition) is 2. The smallest absolute Gasteiger partial charge is 0.223 e. The van der Waals surface area contributed by atoms with E-state index >= 15 is 0 Å². The number of nitriles is 1. The van der Waals surface area contributed by atoms with E-state index in [0.29, 0.717) is 17.6 Å². The van der Waals surface area contributed by atoms with Gasteiger partial charge < -0.3 is 15.4 Å². The molecule has 124 valence electrons. The largest absolute Gasteiger partial charge is 0.471 e. The fourth-order valence-electron chi connectivity index (χ4n) is 3.03. The maximum atomic E-state index is 9.20. The monoisotopic (exact) mass is 323 g/mol. The SMILES string of the molecule is CC1(Oc2nc(C#N)cc3cnc(NC4CCCNC4)cc23)CC1. The average Bonchev–Trinajstić information content (AvgIpc) is 3.33. The van der Waals surface area contributed by atoms with Crippen LogP contribution in [0.3, 0.4) is 0 Å². The van der Waals surface area contributed by atoms with Gasteiger partial charge in [0.05, 0.1) is 0 Å². The first-order valence-corrected chi connectivity index (χ1v) is 8.52. The number of hydrogen-bond acceptors (Lipinski definition) is 6. The molecule has 1 saturated heterocycles. The second-order valence-electron chi connectivity index (χ2n) is 6.95. The summed E-state index contributed by atoms with van der Waals surface area (Å²) >= 11 is 0. The highest BCUT2D eigenvalue weighted by Gasteiger charge is 2.41. The van der Waals surface area contributed by atoms with Crippen molar-refractivity contribution < 1.29 is 4.74 Å². The van der Waals surface area contributed by atoms with E-state index in [4.69, 9.17) is 4.74 Å². The van der Waals surface area contributed by atoms with Gasteiger partial charge in [0.15, 0.2) is 0 Å². The number of nitrogens with zero attached hydrogens (tertiary/aromatic N) is 3. The fraction of sp³-hybridized carbons (Fsp3) is 0.500. The van der Waals surface area contributed by atoms with Crippen molar-refractivity contribution >= 4 is 16.6 Å². The van der Waals surface area contributed by atoms with Crippen LogP contribution in [-0.4, -0.2) is 34.7 Å². The van der Waals surface area contributed by atoms with Crippen LogP contribution in [0.25, 0.3) is 10.8 Å². The van der Waals surface area contributed by atoms with E-state index in [-0.39, 0.29) is 5.60 Å². The molecule has 4 rings (SSSR count). The van der Waals surface area contributed by atoms with Crippen LogP contribution in [0.2, 0.25) is 0 Å². The Labute approximate surface area is 141 Å². The molecule has 1 unspecified atom stereocenters. The Morgan fingerprint density at radius 3 is 3.00 bits per heavy atom. The Hall–Kier alpha value is -2.39. The highest BCUT2D eigenvalue weighted by molar-refractivity contribution is 5.89. The molecule has 2 N–H and O–H groups in total. The van der Waals surface area contributed by atoms with Gasteiger partial charge in [0.1, 0.15) is 23.2 Å². The van der Waals surface area contributed by atoms with E-state index in [2.05, 4.69) is 33.6 Å². The summed E-state index contributed by atoms with van der Waals surface area (Å²) in [5.74, 6) is 1.37. The molecule has 1 aliphatic carbocycles. The maximum absolute atomic E-state index is 9.20. The Morgan fingerprint density at radius 1 is 1.42 bits per heavy atom. The van der Waals surface area contributed by atoms with Gasteiger partial charge in [-0.1, -0.05) is 0 Å². The van der Waals surface area contributed by atoms with Crippen molar-refractivity contribution in [1.29, 1.82) is 5.26 Å². The van der Waals surface area contributed by atoms with Crippen molar-refractivity contribution in [3.63, 3.8) is 0 Å². The van der Waals surface area contributed by atoms with Crippen molar-refractivity contribution in [2.45, 2.75) is 44.2 Å². The van der Waals surface area contributed by atoms with E-state index < -0.39 is 0 Å². The molecule has 2 aromatic rings. The van der Waals surface area contributed by atoms with Crippen LogP contribution in [0.5, 0.6) is 5.88 Å². The number of rotatable bonds is 4. The maximum Gasteiger partial charge on any atom is 0.223 e. The molecule has 2 aliphatic rings. The van der Waals surface area contributed by atoms with Gasteiger partial charge in [-0.15, -0.1) is 0 Å². The lowest BCUT2D eigenvalue weighted by Crippen LogP contribution is -2.38. The molecule has 6 nitrogen and oxygen atoms in total. The Morgan fingerprint density at radius 2 is 2.29 bits per heavy atom. The number of piperidine rings is 1. The van der Waals surface area contributed by atoms with Crippen molar-refractivity contribution in [1.82, 2.24) is 15.3 Å². The van der Waals surface area contributed by atoms with Gasteiger partial charge in [-0.25, -0.2) is 9.97 Å². The number of ether oxygens (including phenoxy) is 1. The topological polar surface area (TPSA) is 82.9 Å². The summed E-state index contributed by atoms with van der Waals surface area (Å²) in [6, 6.07) is 6.24. The van der Waals surface area contributed by atoms with Crippen molar-refractivity contribution in [2.24, 2.45) is 0 Å². The zero-order valence-electron chi connectivity index (χ0n) is 13.8. The molecule has 1 saturated carbocycles. The van der Waals surface area contributed by atoms with Crippen LogP contribution in [0.15, 0.2) is 18.3 Å². The van der Waals surface area contributed by atoms with E-state index in [0.717, 1.165) is 48.9 Å². The van der Waals surface area contributed by atoms with Crippen LogP contribution >= 0.6 is 0 Å². The van der Waals surface area contributed by atoms with Gasteiger partial charge in [-0.05, 0) is 51.3 Å². The fourth-order valence-corrected chi connectivity index (χ4v) is 3.03. The van der Waals surface area contributed by atoms with Gasteiger partial charge in [0.25, 0.3) is 0 Å². The normalized spacial score (nSPS) is 21.9. The Kier molecular flexibility index (Phi) is 3.73. The molecule has 0 aromatic carbocycles. The molecule has 0 bridgehead atoms. The van der Waals surface area contributed by atoms with Crippen molar-refractivity contribution in [3.05, 3.63) is 24.0 Å². The summed E-state index contributed by atoms with van der Waals surface area (Å²) in [6.45, 7) is 4.11. The van der Waals surface area contributed by atoms with Crippen LogP contribution in [0.4, 0.5) is 5.82 Å².